The normalized spacial score (nSPS) is 18.6. The van der Waals surface area contributed by atoms with Gasteiger partial charge in [0.05, 0.1) is 24.7 Å². The van der Waals surface area contributed by atoms with Gasteiger partial charge in [-0.1, -0.05) is 25.1 Å². The summed E-state index contributed by atoms with van der Waals surface area (Å²) < 4.78 is 16.3. The molecule has 4 rings (SSSR count). The molecular formula is C29H32N2O8S. The van der Waals surface area contributed by atoms with E-state index in [1.165, 1.54) is 19.2 Å². The maximum atomic E-state index is 13.9. The number of allylic oxidation sites excluding steroid dienone is 3. The van der Waals surface area contributed by atoms with Gasteiger partial charge in [0.25, 0.3) is 0 Å². The number of Topliss-reactive ketones (excluding diaryl/α,β-unsaturated/α-hetero) is 1. The molecule has 10 nitrogen and oxygen atoms in total. The van der Waals surface area contributed by atoms with Crippen molar-refractivity contribution < 1.29 is 33.8 Å². The van der Waals surface area contributed by atoms with Gasteiger partial charge in [-0.15, -0.1) is 0 Å². The third-order valence-corrected chi connectivity index (χ3v) is 7.98. The summed E-state index contributed by atoms with van der Waals surface area (Å²) in [6.45, 7) is 3.90. The standard InChI is InChI=1S/C29H32N2O8S/c1-5-40-11-10-39-29(34)25-16(2)30-20-12-17(19-8-6-7-9-23(19)37-3)14-22(32)27(20)26(25)18-13-21(31(35)36)28(33)24(15-18)38-4/h6-9,13,15,17,26,30,33H,5,10-12,14H2,1-4H3. The van der Waals surface area contributed by atoms with Crippen LogP contribution in [0.5, 0.6) is 17.2 Å². The van der Waals surface area contributed by atoms with E-state index in [1.54, 1.807) is 25.8 Å². The van der Waals surface area contributed by atoms with Crippen molar-refractivity contribution in [3.8, 4) is 17.2 Å². The van der Waals surface area contributed by atoms with E-state index in [0.717, 1.165) is 11.3 Å². The number of nitrogens with zero attached hydrogens (tertiary/aromatic N) is 1. The van der Waals surface area contributed by atoms with Gasteiger partial charge < -0.3 is 24.6 Å². The molecular weight excluding hydrogens is 536 g/mol. The Labute approximate surface area is 236 Å². The molecule has 0 saturated carbocycles. The van der Waals surface area contributed by atoms with Crippen LogP contribution in [0.1, 0.15) is 49.7 Å². The highest BCUT2D eigenvalue weighted by atomic mass is 32.2. The first kappa shape index (κ1) is 29.0. The van der Waals surface area contributed by atoms with Crippen LogP contribution in [0.25, 0.3) is 0 Å². The van der Waals surface area contributed by atoms with Crippen LogP contribution in [-0.2, 0) is 14.3 Å². The number of phenolic OH excluding ortho intramolecular Hbond substituents is 1. The van der Waals surface area contributed by atoms with E-state index in [2.05, 4.69) is 5.32 Å². The number of methoxy groups -OCH3 is 2. The average Bonchev–Trinajstić information content (AvgIpc) is 2.94. The minimum absolute atomic E-state index is 0.134. The highest BCUT2D eigenvalue weighted by molar-refractivity contribution is 7.99. The molecule has 2 unspecified atom stereocenters. The number of nitro benzene ring substituents is 1. The van der Waals surface area contributed by atoms with Crippen LogP contribution in [0.4, 0.5) is 5.69 Å². The molecule has 2 aromatic carbocycles. The van der Waals surface area contributed by atoms with E-state index in [-0.39, 0.29) is 41.6 Å². The largest absolute Gasteiger partial charge is 0.500 e. The Morgan fingerprint density at radius 2 is 1.90 bits per heavy atom. The Kier molecular flexibility index (Phi) is 9.03. The topological polar surface area (TPSA) is 137 Å². The Morgan fingerprint density at radius 3 is 2.58 bits per heavy atom. The number of benzene rings is 2. The minimum Gasteiger partial charge on any atom is -0.500 e. The molecule has 2 aliphatic rings. The smallest absolute Gasteiger partial charge is 0.336 e. The highest BCUT2D eigenvalue weighted by Gasteiger charge is 2.43. The van der Waals surface area contributed by atoms with Gasteiger partial charge in [0.2, 0.25) is 5.75 Å². The number of aromatic hydroxyl groups is 1. The number of nitrogens with one attached hydrogen (secondary N) is 1. The fraction of sp³-hybridized carbons (Fsp3) is 0.379. The first-order valence-electron chi connectivity index (χ1n) is 12.9. The average molecular weight is 569 g/mol. The van der Waals surface area contributed by atoms with Gasteiger partial charge in [-0.3, -0.25) is 14.9 Å². The van der Waals surface area contributed by atoms with Crippen LogP contribution in [-0.4, -0.2) is 54.1 Å². The summed E-state index contributed by atoms with van der Waals surface area (Å²) in [4.78, 5) is 38.4. The minimum atomic E-state index is -0.957. The summed E-state index contributed by atoms with van der Waals surface area (Å²) in [6, 6.07) is 10.1. The Hall–Kier alpha value is -3.99. The molecule has 1 aliphatic carbocycles. The summed E-state index contributed by atoms with van der Waals surface area (Å²) in [7, 11) is 2.86. The van der Waals surface area contributed by atoms with Crippen molar-refractivity contribution >= 4 is 29.2 Å². The third-order valence-electron chi connectivity index (χ3n) is 7.12. The second kappa shape index (κ2) is 12.5. The molecule has 11 heteroatoms. The fourth-order valence-corrected chi connectivity index (χ4v) is 5.85. The highest BCUT2D eigenvalue weighted by Crippen LogP contribution is 2.49. The summed E-state index contributed by atoms with van der Waals surface area (Å²) in [6.07, 6.45) is 0.616. The van der Waals surface area contributed by atoms with Crippen LogP contribution in [0, 0.1) is 10.1 Å². The molecule has 2 atom stereocenters. The molecule has 212 valence electrons. The Morgan fingerprint density at radius 1 is 1.18 bits per heavy atom. The lowest BCUT2D eigenvalue weighted by Gasteiger charge is -2.37. The number of dihydropyridines is 1. The SMILES string of the molecule is CCSCCOC(=O)C1=C(C)NC2=C(C(=O)CC(c3ccccc3OC)C2)C1c1cc(OC)c(O)c([N+](=O)[O-])c1. The zero-order chi connectivity index (χ0) is 29.0. The van der Waals surface area contributed by atoms with Crippen LogP contribution in [0.2, 0.25) is 0 Å². The number of nitro groups is 1. The lowest BCUT2D eigenvalue weighted by Crippen LogP contribution is -2.36. The van der Waals surface area contributed by atoms with Gasteiger partial charge in [0.15, 0.2) is 11.5 Å². The van der Waals surface area contributed by atoms with Crippen molar-refractivity contribution in [1.29, 1.82) is 0 Å². The lowest BCUT2D eigenvalue weighted by atomic mass is 9.71. The van der Waals surface area contributed by atoms with E-state index in [4.69, 9.17) is 14.2 Å². The van der Waals surface area contributed by atoms with E-state index in [1.807, 2.05) is 31.2 Å². The van der Waals surface area contributed by atoms with Gasteiger partial charge >= 0.3 is 11.7 Å². The molecule has 40 heavy (non-hydrogen) atoms. The van der Waals surface area contributed by atoms with Gasteiger partial charge in [-0.25, -0.2) is 4.79 Å². The number of hydrogen-bond acceptors (Lipinski definition) is 10. The first-order valence-corrected chi connectivity index (χ1v) is 14.0. The molecule has 0 fully saturated rings. The Bertz CT molecular complexity index is 1400. The van der Waals surface area contributed by atoms with Gasteiger partial charge in [-0.2, -0.15) is 11.8 Å². The molecule has 0 bridgehead atoms. The summed E-state index contributed by atoms with van der Waals surface area (Å²) in [5, 5.41) is 25.5. The quantitative estimate of drug-likeness (QED) is 0.175. The molecule has 1 aliphatic heterocycles. The Balaban J connectivity index is 1.84. The van der Waals surface area contributed by atoms with Crippen molar-refractivity contribution in [1.82, 2.24) is 5.32 Å². The molecule has 0 spiro atoms. The molecule has 0 amide bonds. The number of rotatable bonds is 10. The molecule has 0 aromatic heterocycles. The predicted octanol–water partition coefficient (Wildman–Crippen LogP) is 4.98. The van der Waals surface area contributed by atoms with Crippen molar-refractivity contribution in [3.63, 3.8) is 0 Å². The van der Waals surface area contributed by atoms with E-state index in [0.29, 0.717) is 34.9 Å². The van der Waals surface area contributed by atoms with Crippen molar-refractivity contribution in [3.05, 3.63) is 80.2 Å². The van der Waals surface area contributed by atoms with Crippen LogP contribution >= 0.6 is 11.8 Å². The summed E-state index contributed by atoms with van der Waals surface area (Å²) >= 11 is 1.62. The summed E-state index contributed by atoms with van der Waals surface area (Å²) in [5.74, 6) is -0.560. The lowest BCUT2D eigenvalue weighted by molar-refractivity contribution is -0.386. The fourth-order valence-electron chi connectivity index (χ4n) is 5.36. The first-order chi connectivity index (χ1) is 19.2. The maximum Gasteiger partial charge on any atom is 0.336 e. The van der Waals surface area contributed by atoms with Crippen LogP contribution in [0.15, 0.2) is 58.9 Å². The monoisotopic (exact) mass is 568 g/mol. The zero-order valence-electron chi connectivity index (χ0n) is 22.8. The van der Waals surface area contributed by atoms with Gasteiger partial charge in [-0.05, 0) is 42.4 Å². The van der Waals surface area contributed by atoms with Gasteiger partial charge in [0.1, 0.15) is 12.4 Å². The number of para-hydroxylation sites is 1. The molecule has 0 radical (unpaired) electrons. The number of ketones is 1. The van der Waals surface area contributed by atoms with Crippen LogP contribution in [0.3, 0.4) is 0 Å². The number of ether oxygens (including phenoxy) is 3. The van der Waals surface area contributed by atoms with Gasteiger partial charge in [0, 0.05) is 47.0 Å². The maximum absolute atomic E-state index is 13.9. The second-order valence-corrected chi connectivity index (χ2v) is 10.8. The number of carbonyl (C=O) groups excluding carboxylic acids is 2. The second-order valence-electron chi connectivity index (χ2n) is 9.44. The predicted molar refractivity (Wildman–Crippen MR) is 151 cm³/mol. The van der Waals surface area contributed by atoms with Crippen LogP contribution < -0.4 is 14.8 Å². The van der Waals surface area contributed by atoms with Crippen molar-refractivity contribution in [2.24, 2.45) is 0 Å². The van der Waals surface area contributed by atoms with Crippen molar-refractivity contribution in [2.45, 2.75) is 38.5 Å². The zero-order valence-corrected chi connectivity index (χ0v) is 23.6. The third kappa shape index (κ3) is 5.65. The molecule has 0 saturated heterocycles. The summed E-state index contributed by atoms with van der Waals surface area (Å²) in [5.41, 5.74) is 2.22. The molecule has 2 aromatic rings. The van der Waals surface area contributed by atoms with E-state index in [9.17, 15) is 24.8 Å². The number of hydrogen-bond donors (Lipinski definition) is 2. The molecule has 2 N–H and O–H groups in total. The number of esters is 1. The van der Waals surface area contributed by atoms with E-state index >= 15 is 0 Å². The number of carbonyl (C=O) groups is 2. The van der Waals surface area contributed by atoms with E-state index < -0.39 is 28.2 Å². The number of phenols is 1. The van der Waals surface area contributed by atoms with Crippen molar-refractivity contribution in [2.75, 3.05) is 32.3 Å². The number of thioether (sulfide) groups is 1. The molecule has 1 heterocycles.